The highest BCUT2D eigenvalue weighted by atomic mass is 16.2. The number of para-hydroxylation sites is 1. The summed E-state index contributed by atoms with van der Waals surface area (Å²) in [5, 5.41) is 3.18. The van der Waals surface area contributed by atoms with Crippen LogP contribution < -0.4 is 5.32 Å². The van der Waals surface area contributed by atoms with Gasteiger partial charge in [-0.2, -0.15) is 0 Å². The fourth-order valence-electron chi connectivity index (χ4n) is 4.25. The summed E-state index contributed by atoms with van der Waals surface area (Å²) < 4.78 is 2.26. The van der Waals surface area contributed by atoms with Crippen LogP contribution in [-0.4, -0.2) is 22.0 Å². The topological polar surface area (TPSA) is 37.3 Å². The Morgan fingerprint density at radius 2 is 1.68 bits per heavy atom. The quantitative estimate of drug-likeness (QED) is 0.645. The van der Waals surface area contributed by atoms with Crippen molar-refractivity contribution in [2.24, 2.45) is 0 Å². The normalized spacial score (nSPS) is 16.0. The molecule has 0 unspecified atom stereocenters. The van der Waals surface area contributed by atoms with Gasteiger partial charge >= 0.3 is 6.03 Å². The van der Waals surface area contributed by atoms with Crippen molar-refractivity contribution in [3.63, 3.8) is 0 Å². The summed E-state index contributed by atoms with van der Waals surface area (Å²) in [6.07, 6.45) is 2.10. The van der Waals surface area contributed by atoms with Gasteiger partial charge in [-0.05, 0) is 62.1 Å². The van der Waals surface area contributed by atoms with Crippen molar-refractivity contribution >= 4 is 11.7 Å². The molecular formula is C24H27N3O. The Morgan fingerprint density at radius 1 is 0.929 bits per heavy atom. The summed E-state index contributed by atoms with van der Waals surface area (Å²) >= 11 is 0. The first-order valence-electron chi connectivity index (χ1n) is 9.81. The maximum atomic E-state index is 13.4. The molecule has 1 N–H and O–H groups in total. The van der Waals surface area contributed by atoms with Gasteiger partial charge in [0.1, 0.15) is 0 Å². The lowest BCUT2D eigenvalue weighted by atomic mass is 9.94. The molecule has 0 saturated heterocycles. The van der Waals surface area contributed by atoms with Crippen molar-refractivity contribution in [3.05, 3.63) is 88.2 Å². The standard InChI is InChI=1S/C24H27N3O/c1-16-10-11-20(19(4)15-16)23-21-9-6-12-26(21)13-14-27(23)24(28)25-22-17(2)7-5-8-18(22)3/h5-12,15,23H,13-14H2,1-4H3,(H,25,28)/t23-/m1/s1. The van der Waals surface area contributed by atoms with Crippen LogP contribution >= 0.6 is 0 Å². The van der Waals surface area contributed by atoms with E-state index in [9.17, 15) is 4.79 Å². The molecule has 28 heavy (non-hydrogen) atoms. The second-order valence-corrected chi connectivity index (χ2v) is 7.78. The maximum absolute atomic E-state index is 13.4. The second kappa shape index (κ2) is 7.19. The van der Waals surface area contributed by atoms with Crippen molar-refractivity contribution < 1.29 is 4.79 Å². The predicted octanol–water partition coefficient (Wildman–Crippen LogP) is 5.36. The lowest BCUT2D eigenvalue weighted by molar-refractivity contribution is 0.181. The third-order valence-electron chi connectivity index (χ3n) is 5.73. The minimum absolute atomic E-state index is 0.0465. The molecule has 1 aliphatic heterocycles. The number of nitrogens with one attached hydrogen (secondary N) is 1. The SMILES string of the molecule is Cc1ccc([C@@H]2c3cccn3CCN2C(=O)Nc2c(C)cccc2C)c(C)c1. The molecule has 144 valence electrons. The fraction of sp³-hybridized carbons (Fsp3) is 0.292. The number of hydrogen-bond donors (Lipinski definition) is 1. The van der Waals surface area contributed by atoms with E-state index in [1.54, 1.807) is 0 Å². The van der Waals surface area contributed by atoms with E-state index in [0.29, 0.717) is 6.54 Å². The van der Waals surface area contributed by atoms with Gasteiger partial charge in [0, 0.05) is 30.7 Å². The number of benzene rings is 2. The molecule has 2 amide bonds. The number of carbonyl (C=O) groups is 1. The molecule has 0 radical (unpaired) electrons. The van der Waals surface area contributed by atoms with Crippen LogP contribution in [0, 0.1) is 27.7 Å². The lowest BCUT2D eigenvalue weighted by Gasteiger charge is -2.38. The van der Waals surface area contributed by atoms with E-state index >= 15 is 0 Å². The van der Waals surface area contributed by atoms with Gasteiger partial charge in [-0.15, -0.1) is 0 Å². The van der Waals surface area contributed by atoms with Gasteiger partial charge in [-0.1, -0.05) is 42.0 Å². The first kappa shape index (κ1) is 18.4. The third kappa shape index (κ3) is 3.19. The number of anilines is 1. The van der Waals surface area contributed by atoms with E-state index < -0.39 is 0 Å². The third-order valence-corrected chi connectivity index (χ3v) is 5.73. The molecule has 4 nitrogen and oxygen atoms in total. The molecule has 4 heteroatoms. The molecule has 1 aromatic heterocycles. The van der Waals surface area contributed by atoms with Crippen molar-refractivity contribution in [2.45, 2.75) is 40.3 Å². The second-order valence-electron chi connectivity index (χ2n) is 7.78. The molecule has 3 aromatic rings. The Kier molecular flexibility index (Phi) is 4.71. The van der Waals surface area contributed by atoms with Crippen molar-refractivity contribution in [3.8, 4) is 0 Å². The van der Waals surface area contributed by atoms with E-state index in [4.69, 9.17) is 0 Å². The number of urea groups is 1. The van der Waals surface area contributed by atoms with Crippen LogP contribution in [-0.2, 0) is 6.54 Å². The first-order chi connectivity index (χ1) is 13.5. The molecule has 0 bridgehead atoms. The molecule has 1 atom stereocenters. The summed E-state index contributed by atoms with van der Waals surface area (Å²) in [4.78, 5) is 15.3. The molecule has 0 aliphatic carbocycles. The highest BCUT2D eigenvalue weighted by molar-refractivity contribution is 5.91. The smallest absolute Gasteiger partial charge is 0.322 e. The van der Waals surface area contributed by atoms with E-state index in [1.807, 2.05) is 36.9 Å². The first-order valence-corrected chi connectivity index (χ1v) is 9.81. The highest BCUT2D eigenvalue weighted by Crippen LogP contribution is 2.35. The molecule has 4 rings (SSSR count). The average molecular weight is 374 g/mol. The van der Waals surface area contributed by atoms with Crippen LogP contribution in [0.25, 0.3) is 0 Å². The van der Waals surface area contributed by atoms with Gasteiger partial charge in [0.15, 0.2) is 0 Å². The summed E-state index contributed by atoms with van der Waals surface area (Å²) in [5.74, 6) is 0. The van der Waals surface area contributed by atoms with Gasteiger partial charge in [0.2, 0.25) is 0 Å². The lowest BCUT2D eigenvalue weighted by Crippen LogP contribution is -2.44. The molecular weight excluding hydrogens is 346 g/mol. The predicted molar refractivity (Wildman–Crippen MR) is 114 cm³/mol. The van der Waals surface area contributed by atoms with Crippen molar-refractivity contribution in [2.75, 3.05) is 11.9 Å². The zero-order valence-corrected chi connectivity index (χ0v) is 17.0. The number of amides is 2. The molecule has 2 heterocycles. The zero-order chi connectivity index (χ0) is 19.8. The van der Waals surface area contributed by atoms with Gasteiger partial charge in [-0.25, -0.2) is 4.79 Å². The van der Waals surface area contributed by atoms with Gasteiger partial charge < -0.3 is 14.8 Å². The van der Waals surface area contributed by atoms with Crippen LogP contribution in [0.3, 0.4) is 0 Å². The van der Waals surface area contributed by atoms with E-state index in [0.717, 1.165) is 29.1 Å². The molecule has 0 spiro atoms. The Bertz CT molecular complexity index is 1010. The molecule has 0 fully saturated rings. The summed E-state index contributed by atoms with van der Waals surface area (Å²) in [7, 11) is 0. The maximum Gasteiger partial charge on any atom is 0.322 e. The summed E-state index contributed by atoms with van der Waals surface area (Å²) in [5.41, 5.74) is 7.86. The highest BCUT2D eigenvalue weighted by Gasteiger charge is 2.33. The number of carbonyl (C=O) groups excluding carboxylic acids is 1. The number of nitrogens with zero attached hydrogens (tertiary/aromatic N) is 2. The number of hydrogen-bond acceptors (Lipinski definition) is 1. The fourth-order valence-corrected chi connectivity index (χ4v) is 4.25. The minimum Gasteiger partial charge on any atom is -0.348 e. The number of aromatic nitrogens is 1. The summed E-state index contributed by atoms with van der Waals surface area (Å²) in [6, 6.07) is 16.6. The largest absolute Gasteiger partial charge is 0.348 e. The Labute approximate surface area is 166 Å². The molecule has 2 aromatic carbocycles. The molecule has 1 aliphatic rings. The van der Waals surface area contributed by atoms with Gasteiger partial charge in [0.05, 0.1) is 6.04 Å². The zero-order valence-electron chi connectivity index (χ0n) is 17.0. The van der Waals surface area contributed by atoms with E-state index in [1.165, 1.54) is 16.7 Å². The van der Waals surface area contributed by atoms with Crippen LogP contribution in [0.4, 0.5) is 10.5 Å². The van der Waals surface area contributed by atoms with Crippen LogP contribution in [0.1, 0.15) is 39.6 Å². The Hall–Kier alpha value is -3.01. The van der Waals surface area contributed by atoms with Gasteiger partial charge in [-0.3, -0.25) is 0 Å². The van der Waals surface area contributed by atoms with Crippen LogP contribution in [0.15, 0.2) is 54.7 Å². The van der Waals surface area contributed by atoms with Crippen LogP contribution in [0.5, 0.6) is 0 Å². The Morgan fingerprint density at radius 3 is 2.39 bits per heavy atom. The van der Waals surface area contributed by atoms with E-state index in [-0.39, 0.29) is 12.1 Å². The average Bonchev–Trinajstić information content (AvgIpc) is 3.13. The van der Waals surface area contributed by atoms with Gasteiger partial charge in [0.25, 0.3) is 0 Å². The molecule has 0 saturated carbocycles. The van der Waals surface area contributed by atoms with Crippen molar-refractivity contribution in [1.82, 2.24) is 9.47 Å². The van der Waals surface area contributed by atoms with Crippen LogP contribution in [0.2, 0.25) is 0 Å². The Balaban J connectivity index is 1.73. The minimum atomic E-state index is -0.0892. The number of rotatable bonds is 2. The number of fused-ring (bicyclic) bond motifs is 1. The number of aryl methyl sites for hydroxylation is 4. The summed E-state index contributed by atoms with van der Waals surface area (Å²) in [6.45, 7) is 9.79. The van der Waals surface area contributed by atoms with Crippen molar-refractivity contribution in [1.29, 1.82) is 0 Å². The monoisotopic (exact) mass is 373 g/mol. The van der Waals surface area contributed by atoms with E-state index in [2.05, 4.69) is 60.3 Å².